The molecule has 0 aliphatic heterocycles. The third kappa shape index (κ3) is 1.46. The zero-order valence-corrected chi connectivity index (χ0v) is 7.62. The van der Waals surface area contributed by atoms with E-state index in [1.165, 1.54) is 6.07 Å². The first-order valence-electron chi connectivity index (χ1n) is 4.15. The number of hydrogen-bond acceptors (Lipinski definition) is 3. The van der Waals surface area contributed by atoms with E-state index in [1.807, 2.05) is 0 Å². The van der Waals surface area contributed by atoms with Crippen molar-refractivity contribution < 1.29 is 8.91 Å². The molecule has 2 N–H and O–H groups in total. The summed E-state index contributed by atoms with van der Waals surface area (Å²) >= 11 is 0. The zero-order chi connectivity index (χ0) is 10.1. The van der Waals surface area contributed by atoms with Crippen molar-refractivity contribution in [2.45, 2.75) is 6.92 Å². The lowest BCUT2D eigenvalue weighted by Gasteiger charge is -1.98. The number of aromatic nitrogens is 1. The first-order chi connectivity index (χ1) is 6.66. The van der Waals surface area contributed by atoms with Crippen LogP contribution >= 0.6 is 0 Å². The van der Waals surface area contributed by atoms with Crippen molar-refractivity contribution in [3.8, 4) is 11.3 Å². The van der Waals surface area contributed by atoms with Crippen LogP contribution in [0.15, 0.2) is 28.8 Å². The minimum absolute atomic E-state index is 0.235. The fourth-order valence-electron chi connectivity index (χ4n) is 1.22. The van der Waals surface area contributed by atoms with E-state index in [4.69, 9.17) is 10.3 Å². The summed E-state index contributed by atoms with van der Waals surface area (Å²) < 4.78 is 17.9. The quantitative estimate of drug-likeness (QED) is 0.754. The molecule has 0 bridgehead atoms. The van der Waals surface area contributed by atoms with Crippen molar-refractivity contribution in [3.05, 3.63) is 35.6 Å². The summed E-state index contributed by atoms with van der Waals surface area (Å²) in [5, 5.41) is 3.55. The number of benzene rings is 1. The predicted molar refractivity (Wildman–Crippen MR) is 51.0 cm³/mol. The molecular weight excluding hydrogens is 183 g/mol. The van der Waals surface area contributed by atoms with Gasteiger partial charge in [0.05, 0.1) is 0 Å². The zero-order valence-electron chi connectivity index (χ0n) is 7.62. The summed E-state index contributed by atoms with van der Waals surface area (Å²) in [6, 6.07) is 6.31. The Bertz CT molecular complexity index is 465. The van der Waals surface area contributed by atoms with Gasteiger partial charge in [0, 0.05) is 11.6 Å². The molecule has 0 radical (unpaired) electrons. The maximum Gasteiger partial charge on any atom is 0.169 e. The lowest BCUT2D eigenvalue weighted by atomic mass is 10.1. The molecule has 0 atom stereocenters. The van der Waals surface area contributed by atoms with E-state index in [9.17, 15) is 4.39 Å². The van der Waals surface area contributed by atoms with Crippen molar-refractivity contribution >= 4 is 5.82 Å². The largest absolute Gasteiger partial charge is 0.381 e. The molecule has 4 heteroatoms. The van der Waals surface area contributed by atoms with Crippen LogP contribution in [0.2, 0.25) is 0 Å². The van der Waals surface area contributed by atoms with Crippen LogP contribution in [0, 0.1) is 12.7 Å². The summed E-state index contributed by atoms with van der Waals surface area (Å²) in [5.74, 6) is 0.633. The lowest BCUT2D eigenvalue weighted by molar-refractivity contribution is 0.435. The van der Waals surface area contributed by atoms with Gasteiger partial charge >= 0.3 is 0 Å². The fraction of sp³-hybridized carbons (Fsp3) is 0.100. The third-order valence-electron chi connectivity index (χ3n) is 1.97. The SMILES string of the molecule is Cc1cc(-c2cc(N)no2)ccc1F. The van der Waals surface area contributed by atoms with Crippen LogP contribution in [0.1, 0.15) is 5.56 Å². The molecule has 0 saturated heterocycles. The summed E-state index contributed by atoms with van der Waals surface area (Å²) in [6.45, 7) is 1.69. The van der Waals surface area contributed by atoms with Crippen LogP contribution in [0.25, 0.3) is 11.3 Å². The lowest BCUT2D eigenvalue weighted by Crippen LogP contribution is -1.83. The van der Waals surface area contributed by atoms with Crippen molar-refractivity contribution in [3.63, 3.8) is 0 Å². The maximum atomic E-state index is 12.9. The van der Waals surface area contributed by atoms with E-state index in [0.29, 0.717) is 17.1 Å². The summed E-state index contributed by atoms with van der Waals surface area (Å²) in [6.07, 6.45) is 0. The van der Waals surface area contributed by atoms with E-state index in [1.54, 1.807) is 25.1 Å². The molecule has 0 amide bonds. The van der Waals surface area contributed by atoms with Gasteiger partial charge in [-0.05, 0) is 30.7 Å². The van der Waals surface area contributed by atoms with Crippen molar-refractivity contribution in [1.82, 2.24) is 5.16 Å². The Balaban J connectivity index is 2.47. The Labute approximate surface area is 80.3 Å². The summed E-state index contributed by atoms with van der Waals surface area (Å²) in [7, 11) is 0. The molecule has 14 heavy (non-hydrogen) atoms. The number of nitrogens with zero attached hydrogens (tertiary/aromatic N) is 1. The monoisotopic (exact) mass is 192 g/mol. The van der Waals surface area contributed by atoms with Crippen LogP contribution in [0.3, 0.4) is 0 Å². The molecule has 0 unspecified atom stereocenters. The normalized spacial score (nSPS) is 10.4. The Hall–Kier alpha value is -1.84. The van der Waals surface area contributed by atoms with Gasteiger partial charge in [0.15, 0.2) is 11.6 Å². The summed E-state index contributed by atoms with van der Waals surface area (Å²) in [4.78, 5) is 0. The second kappa shape index (κ2) is 3.14. The van der Waals surface area contributed by atoms with Crippen molar-refractivity contribution in [1.29, 1.82) is 0 Å². The average molecular weight is 192 g/mol. The highest BCUT2D eigenvalue weighted by molar-refractivity contribution is 5.60. The first kappa shape index (κ1) is 8.74. The van der Waals surface area contributed by atoms with Crippen molar-refractivity contribution in [2.24, 2.45) is 0 Å². The fourth-order valence-corrected chi connectivity index (χ4v) is 1.22. The van der Waals surface area contributed by atoms with Crippen LogP contribution in [-0.4, -0.2) is 5.16 Å². The topological polar surface area (TPSA) is 52.0 Å². The number of hydrogen-bond donors (Lipinski definition) is 1. The maximum absolute atomic E-state index is 12.9. The molecule has 72 valence electrons. The molecule has 0 spiro atoms. The van der Waals surface area contributed by atoms with Gasteiger partial charge in [-0.15, -0.1) is 0 Å². The molecule has 0 aliphatic rings. The average Bonchev–Trinajstić information content (AvgIpc) is 2.57. The third-order valence-corrected chi connectivity index (χ3v) is 1.97. The Kier molecular flexibility index (Phi) is 1.96. The predicted octanol–water partition coefficient (Wildman–Crippen LogP) is 2.37. The van der Waals surface area contributed by atoms with E-state index < -0.39 is 0 Å². The Morgan fingerprint density at radius 1 is 1.36 bits per heavy atom. The number of nitrogens with two attached hydrogens (primary N) is 1. The van der Waals surface area contributed by atoms with Crippen LogP contribution in [0.5, 0.6) is 0 Å². The van der Waals surface area contributed by atoms with Gasteiger partial charge in [-0.25, -0.2) is 4.39 Å². The van der Waals surface area contributed by atoms with Gasteiger partial charge in [0.25, 0.3) is 0 Å². The van der Waals surface area contributed by atoms with E-state index >= 15 is 0 Å². The minimum Gasteiger partial charge on any atom is -0.381 e. The van der Waals surface area contributed by atoms with Gasteiger partial charge < -0.3 is 10.3 Å². The number of halogens is 1. The highest BCUT2D eigenvalue weighted by Crippen LogP contribution is 2.23. The Morgan fingerprint density at radius 2 is 2.14 bits per heavy atom. The second-order valence-electron chi connectivity index (χ2n) is 3.08. The van der Waals surface area contributed by atoms with E-state index in [0.717, 1.165) is 5.56 Å². The molecule has 2 aromatic rings. The van der Waals surface area contributed by atoms with Gasteiger partial charge in [-0.3, -0.25) is 0 Å². The molecule has 3 nitrogen and oxygen atoms in total. The standard InChI is InChI=1S/C10H9FN2O/c1-6-4-7(2-3-8(6)11)9-5-10(12)13-14-9/h2-5H,1H3,(H2,12,13). The number of nitrogen functional groups attached to an aromatic ring is 1. The summed E-state index contributed by atoms with van der Waals surface area (Å²) in [5.41, 5.74) is 6.74. The minimum atomic E-state index is -0.235. The van der Waals surface area contributed by atoms with E-state index in [-0.39, 0.29) is 5.82 Å². The van der Waals surface area contributed by atoms with Gasteiger partial charge in [0.1, 0.15) is 5.82 Å². The van der Waals surface area contributed by atoms with Gasteiger partial charge in [0.2, 0.25) is 0 Å². The van der Waals surface area contributed by atoms with Gasteiger partial charge in [-0.1, -0.05) is 5.16 Å². The molecular formula is C10H9FN2O. The van der Waals surface area contributed by atoms with Crippen LogP contribution in [0.4, 0.5) is 10.2 Å². The molecule has 1 heterocycles. The molecule has 0 fully saturated rings. The number of rotatable bonds is 1. The first-order valence-corrected chi connectivity index (χ1v) is 4.15. The van der Waals surface area contributed by atoms with Crippen molar-refractivity contribution in [2.75, 3.05) is 5.73 Å². The van der Waals surface area contributed by atoms with Crippen LogP contribution in [-0.2, 0) is 0 Å². The van der Waals surface area contributed by atoms with Gasteiger partial charge in [-0.2, -0.15) is 0 Å². The number of aryl methyl sites for hydroxylation is 1. The Morgan fingerprint density at radius 3 is 2.71 bits per heavy atom. The second-order valence-corrected chi connectivity index (χ2v) is 3.08. The molecule has 1 aromatic heterocycles. The van der Waals surface area contributed by atoms with E-state index in [2.05, 4.69) is 5.16 Å². The highest BCUT2D eigenvalue weighted by atomic mass is 19.1. The van der Waals surface area contributed by atoms with Crippen LogP contribution < -0.4 is 5.73 Å². The molecule has 0 saturated carbocycles. The number of anilines is 1. The highest BCUT2D eigenvalue weighted by Gasteiger charge is 2.06. The molecule has 0 aliphatic carbocycles. The smallest absolute Gasteiger partial charge is 0.169 e. The molecule has 2 rings (SSSR count). The molecule has 1 aromatic carbocycles.